The van der Waals surface area contributed by atoms with Crippen molar-refractivity contribution in [1.29, 1.82) is 0 Å². The normalized spacial score (nSPS) is 10.8. The number of nitrogens with zero attached hydrogens (tertiary/aromatic N) is 2. The molecule has 0 atom stereocenters. The smallest absolute Gasteiger partial charge is 0.129 e. The van der Waals surface area contributed by atoms with E-state index in [0.29, 0.717) is 0 Å². The number of imidazole rings is 1. The quantitative estimate of drug-likeness (QED) is 0.530. The van der Waals surface area contributed by atoms with Gasteiger partial charge in [-0.2, -0.15) is 0 Å². The Hall–Kier alpha value is -3.07. The van der Waals surface area contributed by atoms with Gasteiger partial charge in [-0.1, -0.05) is 42.5 Å². The first-order valence-electron chi connectivity index (χ1n) is 7.54. The Morgan fingerprint density at radius 2 is 1.57 bits per heavy atom. The summed E-state index contributed by atoms with van der Waals surface area (Å²) in [6.45, 7) is 0. The van der Waals surface area contributed by atoms with E-state index in [9.17, 15) is 0 Å². The molecule has 3 heteroatoms. The molecule has 0 aliphatic carbocycles. The molecular weight excluding hydrogens is 284 g/mol. The molecule has 0 aliphatic rings. The number of hydrogen-bond donors (Lipinski definition) is 0. The molecule has 0 saturated heterocycles. The summed E-state index contributed by atoms with van der Waals surface area (Å²) in [7, 11) is 1.98. The monoisotopic (exact) mass is 300 g/mol. The molecule has 0 amide bonds. The minimum Gasteiger partial charge on any atom is -0.457 e. The predicted octanol–water partition coefficient (Wildman–Crippen LogP) is 5.03. The number of aromatic nitrogens is 2. The molecule has 0 N–H and O–H groups in total. The molecule has 4 aromatic rings. The van der Waals surface area contributed by atoms with Gasteiger partial charge in [0.1, 0.15) is 11.5 Å². The van der Waals surface area contributed by atoms with E-state index in [0.717, 1.165) is 28.1 Å². The average Bonchev–Trinajstić information content (AvgIpc) is 2.97. The summed E-state index contributed by atoms with van der Waals surface area (Å²) in [5.41, 5.74) is 4.35. The van der Waals surface area contributed by atoms with E-state index in [1.54, 1.807) is 0 Å². The van der Waals surface area contributed by atoms with Gasteiger partial charge in [0.15, 0.2) is 0 Å². The molecule has 112 valence electrons. The first-order valence-corrected chi connectivity index (χ1v) is 7.54. The highest BCUT2D eigenvalue weighted by Crippen LogP contribution is 2.28. The van der Waals surface area contributed by atoms with E-state index in [4.69, 9.17) is 4.74 Å². The number of ether oxygens (including phenoxy) is 1. The lowest BCUT2D eigenvalue weighted by Gasteiger charge is -2.08. The molecule has 1 heterocycles. The van der Waals surface area contributed by atoms with Crippen LogP contribution in [-0.4, -0.2) is 9.55 Å². The van der Waals surface area contributed by atoms with E-state index in [1.165, 1.54) is 5.56 Å². The Morgan fingerprint density at radius 3 is 2.43 bits per heavy atom. The number of fused-ring (bicyclic) bond motifs is 1. The van der Waals surface area contributed by atoms with Crippen LogP contribution in [0.15, 0.2) is 79.1 Å². The van der Waals surface area contributed by atoms with Crippen LogP contribution in [0, 0.1) is 0 Å². The predicted molar refractivity (Wildman–Crippen MR) is 92.7 cm³/mol. The first kappa shape index (κ1) is 13.6. The van der Waals surface area contributed by atoms with Crippen molar-refractivity contribution in [1.82, 2.24) is 9.55 Å². The third-order valence-electron chi connectivity index (χ3n) is 3.87. The van der Waals surface area contributed by atoms with Crippen molar-refractivity contribution in [3.05, 3.63) is 79.1 Å². The van der Waals surface area contributed by atoms with Gasteiger partial charge in [-0.15, -0.1) is 0 Å². The fourth-order valence-corrected chi connectivity index (χ4v) is 2.68. The van der Waals surface area contributed by atoms with Crippen LogP contribution in [0.4, 0.5) is 0 Å². The summed E-state index contributed by atoms with van der Waals surface area (Å²) in [6.07, 6.45) is 1.81. The Bertz CT molecular complexity index is 958. The molecular formula is C20H16N2O. The van der Waals surface area contributed by atoms with Crippen molar-refractivity contribution < 1.29 is 4.74 Å². The lowest BCUT2D eigenvalue weighted by Crippen LogP contribution is -1.87. The molecule has 0 unspecified atom stereocenters. The SMILES string of the molecule is Cn1cnc2ccc(Oc3cccc(-c4ccccc4)c3)cc21. The highest BCUT2D eigenvalue weighted by Gasteiger charge is 2.04. The maximum atomic E-state index is 6.03. The molecule has 0 bridgehead atoms. The van der Waals surface area contributed by atoms with Crippen LogP contribution in [0.3, 0.4) is 0 Å². The van der Waals surface area contributed by atoms with Gasteiger partial charge >= 0.3 is 0 Å². The van der Waals surface area contributed by atoms with E-state index in [1.807, 2.05) is 66.5 Å². The zero-order chi connectivity index (χ0) is 15.6. The summed E-state index contributed by atoms with van der Waals surface area (Å²) in [5.74, 6) is 1.64. The van der Waals surface area contributed by atoms with Crippen LogP contribution in [0.5, 0.6) is 11.5 Å². The maximum absolute atomic E-state index is 6.03. The highest BCUT2D eigenvalue weighted by molar-refractivity contribution is 5.77. The fourth-order valence-electron chi connectivity index (χ4n) is 2.68. The molecule has 0 radical (unpaired) electrons. The third kappa shape index (κ3) is 2.69. The van der Waals surface area contributed by atoms with Crippen molar-refractivity contribution in [2.45, 2.75) is 0 Å². The van der Waals surface area contributed by atoms with Crippen LogP contribution >= 0.6 is 0 Å². The van der Waals surface area contributed by atoms with Gasteiger partial charge in [0.05, 0.1) is 17.4 Å². The molecule has 4 rings (SSSR count). The topological polar surface area (TPSA) is 27.1 Å². The second-order valence-electron chi connectivity index (χ2n) is 5.50. The van der Waals surface area contributed by atoms with Gasteiger partial charge in [0.25, 0.3) is 0 Å². The molecule has 0 spiro atoms. The molecule has 1 aromatic heterocycles. The van der Waals surface area contributed by atoms with E-state index >= 15 is 0 Å². The lowest BCUT2D eigenvalue weighted by molar-refractivity contribution is 0.483. The maximum Gasteiger partial charge on any atom is 0.129 e. The number of benzene rings is 3. The van der Waals surface area contributed by atoms with Crippen LogP contribution in [0.1, 0.15) is 0 Å². The van der Waals surface area contributed by atoms with Gasteiger partial charge in [-0.05, 0) is 35.4 Å². The summed E-state index contributed by atoms with van der Waals surface area (Å²) in [6, 6.07) is 24.4. The largest absolute Gasteiger partial charge is 0.457 e. The van der Waals surface area contributed by atoms with Crippen molar-refractivity contribution >= 4 is 11.0 Å². The Balaban J connectivity index is 1.66. The van der Waals surface area contributed by atoms with Crippen LogP contribution < -0.4 is 4.74 Å². The summed E-state index contributed by atoms with van der Waals surface area (Å²) in [5, 5.41) is 0. The Kier molecular flexibility index (Phi) is 3.31. The highest BCUT2D eigenvalue weighted by atomic mass is 16.5. The minimum atomic E-state index is 0.811. The molecule has 3 aromatic carbocycles. The van der Waals surface area contributed by atoms with Gasteiger partial charge in [0.2, 0.25) is 0 Å². The summed E-state index contributed by atoms with van der Waals surface area (Å²) < 4.78 is 8.02. The second-order valence-corrected chi connectivity index (χ2v) is 5.50. The molecule has 0 aliphatic heterocycles. The van der Waals surface area contributed by atoms with E-state index in [2.05, 4.69) is 29.2 Å². The van der Waals surface area contributed by atoms with Crippen LogP contribution in [0.2, 0.25) is 0 Å². The number of hydrogen-bond acceptors (Lipinski definition) is 2. The zero-order valence-corrected chi connectivity index (χ0v) is 12.8. The molecule has 3 nitrogen and oxygen atoms in total. The molecule has 0 fully saturated rings. The minimum absolute atomic E-state index is 0.811. The standard InChI is InChI=1S/C20H16N2O/c1-22-14-21-19-11-10-18(13-20(19)22)23-17-9-5-8-16(12-17)15-6-3-2-4-7-15/h2-14H,1H3. The van der Waals surface area contributed by atoms with Crippen molar-refractivity contribution in [3.8, 4) is 22.6 Å². The van der Waals surface area contributed by atoms with Gasteiger partial charge < -0.3 is 9.30 Å². The van der Waals surface area contributed by atoms with Crippen LogP contribution in [0.25, 0.3) is 22.2 Å². The average molecular weight is 300 g/mol. The molecule has 0 saturated carbocycles. The van der Waals surface area contributed by atoms with Gasteiger partial charge in [-0.3, -0.25) is 0 Å². The summed E-state index contributed by atoms with van der Waals surface area (Å²) >= 11 is 0. The summed E-state index contributed by atoms with van der Waals surface area (Å²) in [4.78, 5) is 4.33. The van der Waals surface area contributed by atoms with Crippen LogP contribution in [-0.2, 0) is 7.05 Å². The third-order valence-corrected chi connectivity index (χ3v) is 3.87. The Morgan fingerprint density at radius 1 is 0.783 bits per heavy atom. The van der Waals surface area contributed by atoms with Gasteiger partial charge in [0, 0.05) is 13.1 Å². The second kappa shape index (κ2) is 5.61. The fraction of sp³-hybridized carbons (Fsp3) is 0.0500. The lowest BCUT2D eigenvalue weighted by atomic mass is 10.1. The van der Waals surface area contributed by atoms with Crippen molar-refractivity contribution in [2.75, 3.05) is 0 Å². The van der Waals surface area contributed by atoms with E-state index in [-0.39, 0.29) is 0 Å². The Labute approximate surface area is 134 Å². The first-order chi connectivity index (χ1) is 11.3. The molecule has 23 heavy (non-hydrogen) atoms. The number of rotatable bonds is 3. The van der Waals surface area contributed by atoms with E-state index < -0.39 is 0 Å². The number of aryl methyl sites for hydroxylation is 1. The zero-order valence-electron chi connectivity index (χ0n) is 12.8. The van der Waals surface area contributed by atoms with Gasteiger partial charge in [-0.25, -0.2) is 4.98 Å². The van der Waals surface area contributed by atoms with Crippen molar-refractivity contribution in [2.24, 2.45) is 7.05 Å². The van der Waals surface area contributed by atoms with Crippen molar-refractivity contribution in [3.63, 3.8) is 0 Å².